The average molecular weight is 317 g/mol. The Morgan fingerprint density at radius 2 is 1.92 bits per heavy atom. The number of hydrogen-bond acceptors (Lipinski definition) is 6. The van der Waals surface area contributed by atoms with Crippen LogP contribution in [0.4, 0.5) is 17.5 Å². The summed E-state index contributed by atoms with van der Waals surface area (Å²) in [6.07, 6.45) is 5.11. The number of fused-ring (bicyclic) bond motifs is 1. The first kappa shape index (κ1) is 14.2. The molecule has 6 heteroatoms. The molecular weight excluding hydrogens is 302 g/mol. The minimum Gasteiger partial charge on any atom is -0.467 e. The minimum atomic E-state index is 0.517. The monoisotopic (exact) mass is 317 g/mol. The van der Waals surface area contributed by atoms with Gasteiger partial charge in [0, 0.05) is 11.6 Å². The van der Waals surface area contributed by atoms with E-state index in [1.54, 1.807) is 18.7 Å². The zero-order chi connectivity index (χ0) is 16.2. The van der Waals surface area contributed by atoms with Gasteiger partial charge in [-0.15, -0.1) is 0 Å². The highest BCUT2D eigenvalue weighted by Gasteiger charge is 2.08. The third-order valence-electron chi connectivity index (χ3n) is 3.53. The number of nitrogens with zero attached hydrogens (tertiary/aromatic N) is 3. The standard InChI is InChI=1S/C18H15N5O/c1-2-8-16-15(7-1)17(20-12-14-6-4-10-24-14)23-18(22-16)21-13-5-3-9-19-11-13/h1-11H,12H2,(H2,20,21,22,23). The average Bonchev–Trinajstić information content (AvgIpc) is 3.14. The van der Waals surface area contributed by atoms with Crippen molar-refractivity contribution in [3.8, 4) is 0 Å². The zero-order valence-electron chi connectivity index (χ0n) is 12.8. The molecule has 3 heterocycles. The first-order valence-corrected chi connectivity index (χ1v) is 7.58. The number of furan rings is 1. The van der Waals surface area contributed by atoms with Gasteiger partial charge >= 0.3 is 0 Å². The van der Waals surface area contributed by atoms with Gasteiger partial charge in [0.1, 0.15) is 11.6 Å². The van der Waals surface area contributed by atoms with Crippen LogP contribution in [-0.4, -0.2) is 15.0 Å². The fourth-order valence-electron chi connectivity index (χ4n) is 2.42. The zero-order valence-corrected chi connectivity index (χ0v) is 12.8. The molecule has 6 nitrogen and oxygen atoms in total. The van der Waals surface area contributed by atoms with Crippen molar-refractivity contribution in [1.29, 1.82) is 0 Å². The van der Waals surface area contributed by atoms with Gasteiger partial charge in [-0.25, -0.2) is 4.98 Å². The highest BCUT2D eigenvalue weighted by atomic mass is 16.3. The summed E-state index contributed by atoms with van der Waals surface area (Å²) in [5, 5.41) is 7.46. The van der Waals surface area contributed by atoms with Gasteiger partial charge in [0.2, 0.25) is 5.95 Å². The molecule has 0 aliphatic heterocycles. The number of benzene rings is 1. The molecule has 0 atom stereocenters. The lowest BCUT2D eigenvalue weighted by Crippen LogP contribution is -2.05. The topological polar surface area (TPSA) is 75.9 Å². The first-order valence-electron chi connectivity index (χ1n) is 7.58. The van der Waals surface area contributed by atoms with Gasteiger partial charge in [0.05, 0.1) is 30.2 Å². The Hall–Kier alpha value is -3.41. The fourth-order valence-corrected chi connectivity index (χ4v) is 2.42. The maximum absolute atomic E-state index is 5.36. The lowest BCUT2D eigenvalue weighted by Gasteiger charge is -2.11. The van der Waals surface area contributed by atoms with E-state index in [-0.39, 0.29) is 0 Å². The van der Waals surface area contributed by atoms with Gasteiger partial charge in [-0.3, -0.25) is 4.98 Å². The van der Waals surface area contributed by atoms with E-state index >= 15 is 0 Å². The van der Waals surface area contributed by atoms with Crippen molar-refractivity contribution in [3.05, 3.63) is 72.9 Å². The van der Waals surface area contributed by atoms with E-state index in [2.05, 4.69) is 25.6 Å². The molecule has 0 unspecified atom stereocenters. The van der Waals surface area contributed by atoms with Crippen LogP contribution in [0.1, 0.15) is 5.76 Å². The predicted octanol–water partition coefficient (Wildman–Crippen LogP) is 3.97. The van der Waals surface area contributed by atoms with E-state index in [1.807, 2.05) is 48.5 Å². The summed E-state index contributed by atoms with van der Waals surface area (Å²) in [7, 11) is 0. The SMILES string of the molecule is c1cncc(Nc2nc(NCc3ccco3)c3ccccc3n2)c1. The molecule has 0 amide bonds. The maximum atomic E-state index is 5.36. The number of nitrogens with one attached hydrogen (secondary N) is 2. The number of rotatable bonds is 5. The Balaban J connectivity index is 1.67. The molecule has 0 aliphatic rings. The smallest absolute Gasteiger partial charge is 0.229 e. The van der Waals surface area contributed by atoms with Crippen LogP contribution < -0.4 is 10.6 Å². The summed E-state index contributed by atoms with van der Waals surface area (Å²) >= 11 is 0. The predicted molar refractivity (Wildman–Crippen MR) is 93.1 cm³/mol. The fraction of sp³-hybridized carbons (Fsp3) is 0.0556. The summed E-state index contributed by atoms with van der Waals surface area (Å²) in [5.74, 6) is 2.12. The molecule has 24 heavy (non-hydrogen) atoms. The van der Waals surface area contributed by atoms with Crippen LogP contribution in [0, 0.1) is 0 Å². The summed E-state index contributed by atoms with van der Waals surface area (Å²) < 4.78 is 5.36. The van der Waals surface area contributed by atoms with Crippen molar-refractivity contribution in [3.63, 3.8) is 0 Å². The van der Waals surface area contributed by atoms with Crippen LogP contribution in [0.5, 0.6) is 0 Å². The van der Waals surface area contributed by atoms with Gasteiger partial charge in [0.25, 0.3) is 0 Å². The summed E-state index contributed by atoms with van der Waals surface area (Å²) in [5.41, 5.74) is 1.70. The third kappa shape index (κ3) is 3.03. The van der Waals surface area contributed by atoms with Crippen LogP contribution >= 0.6 is 0 Å². The van der Waals surface area contributed by atoms with Crippen molar-refractivity contribution in [1.82, 2.24) is 15.0 Å². The van der Waals surface area contributed by atoms with Crippen molar-refractivity contribution >= 4 is 28.4 Å². The summed E-state index contributed by atoms with van der Waals surface area (Å²) in [6.45, 7) is 0.556. The Bertz CT molecular complexity index is 938. The van der Waals surface area contributed by atoms with Crippen molar-refractivity contribution in [2.45, 2.75) is 6.54 Å². The van der Waals surface area contributed by atoms with E-state index in [4.69, 9.17) is 4.42 Å². The number of hydrogen-bond donors (Lipinski definition) is 2. The molecule has 3 aromatic heterocycles. The number of para-hydroxylation sites is 1. The highest BCUT2D eigenvalue weighted by molar-refractivity contribution is 5.90. The molecule has 1 aromatic carbocycles. The van der Waals surface area contributed by atoms with Crippen LogP contribution in [0.2, 0.25) is 0 Å². The van der Waals surface area contributed by atoms with Crippen LogP contribution in [0.15, 0.2) is 71.6 Å². The summed E-state index contributed by atoms with van der Waals surface area (Å²) in [4.78, 5) is 13.2. The molecule has 2 N–H and O–H groups in total. The van der Waals surface area contributed by atoms with Gasteiger partial charge < -0.3 is 15.1 Å². The molecule has 0 bridgehead atoms. The van der Waals surface area contributed by atoms with Gasteiger partial charge in [0.15, 0.2) is 0 Å². The Kier molecular flexibility index (Phi) is 3.77. The van der Waals surface area contributed by atoms with E-state index in [0.29, 0.717) is 12.5 Å². The number of pyridine rings is 1. The molecule has 0 aliphatic carbocycles. The van der Waals surface area contributed by atoms with Crippen molar-refractivity contribution < 1.29 is 4.42 Å². The van der Waals surface area contributed by atoms with Gasteiger partial charge in [-0.05, 0) is 36.4 Å². The second kappa shape index (κ2) is 6.37. The van der Waals surface area contributed by atoms with Crippen LogP contribution in [-0.2, 0) is 6.54 Å². The highest BCUT2D eigenvalue weighted by Crippen LogP contribution is 2.23. The lowest BCUT2D eigenvalue weighted by atomic mass is 10.2. The Morgan fingerprint density at radius 1 is 0.958 bits per heavy atom. The lowest BCUT2D eigenvalue weighted by molar-refractivity contribution is 0.518. The van der Waals surface area contributed by atoms with E-state index in [0.717, 1.165) is 28.2 Å². The first-order chi connectivity index (χ1) is 11.9. The third-order valence-corrected chi connectivity index (χ3v) is 3.53. The van der Waals surface area contributed by atoms with E-state index < -0.39 is 0 Å². The van der Waals surface area contributed by atoms with Crippen molar-refractivity contribution in [2.75, 3.05) is 10.6 Å². The normalized spacial score (nSPS) is 10.7. The summed E-state index contributed by atoms with van der Waals surface area (Å²) in [6, 6.07) is 15.4. The molecule has 0 saturated heterocycles. The minimum absolute atomic E-state index is 0.517. The molecule has 118 valence electrons. The maximum Gasteiger partial charge on any atom is 0.229 e. The quantitative estimate of drug-likeness (QED) is 0.580. The molecule has 4 aromatic rings. The molecule has 0 saturated carbocycles. The molecule has 0 spiro atoms. The second-order valence-corrected chi connectivity index (χ2v) is 5.21. The number of anilines is 3. The second-order valence-electron chi connectivity index (χ2n) is 5.21. The van der Waals surface area contributed by atoms with Gasteiger partial charge in [-0.1, -0.05) is 12.1 Å². The van der Waals surface area contributed by atoms with E-state index in [1.165, 1.54) is 0 Å². The molecule has 0 fully saturated rings. The Morgan fingerprint density at radius 3 is 2.75 bits per heavy atom. The Labute approximate surface area is 138 Å². The van der Waals surface area contributed by atoms with Crippen molar-refractivity contribution in [2.24, 2.45) is 0 Å². The molecular formula is C18H15N5O. The van der Waals surface area contributed by atoms with E-state index in [9.17, 15) is 0 Å². The van der Waals surface area contributed by atoms with Crippen LogP contribution in [0.3, 0.4) is 0 Å². The largest absolute Gasteiger partial charge is 0.467 e. The molecule has 0 radical (unpaired) electrons. The molecule has 4 rings (SSSR count). The number of aromatic nitrogens is 3. The van der Waals surface area contributed by atoms with Gasteiger partial charge in [-0.2, -0.15) is 4.98 Å². The van der Waals surface area contributed by atoms with Crippen LogP contribution in [0.25, 0.3) is 10.9 Å².